The van der Waals surface area contributed by atoms with E-state index in [1.54, 1.807) is 20.8 Å². The van der Waals surface area contributed by atoms with Crippen molar-refractivity contribution in [1.29, 1.82) is 0 Å². The fourth-order valence-electron chi connectivity index (χ4n) is 2.73. The molecule has 0 aliphatic rings. The lowest BCUT2D eigenvalue weighted by atomic mass is 10.1. The third kappa shape index (κ3) is 7.40. The molecule has 0 unspecified atom stereocenters. The van der Waals surface area contributed by atoms with Gasteiger partial charge in [0, 0.05) is 13.5 Å². The number of alkyl carbamates (subject to hydrolysis) is 1. The lowest BCUT2D eigenvalue weighted by Gasteiger charge is -2.26. The van der Waals surface area contributed by atoms with E-state index in [0.29, 0.717) is 12.4 Å². The van der Waals surface area contributed by atoms with Crippen LogP contribution in [-0.4, -0.2) is 42.9 Å². The third-order valence-electron chi connectivity index (χ3n) is 4.21. The summed E-state index contributed by atoms with van der Waals surface area (Å²) in [6, 6.07) is 16.4. The molecule has 162 valence electrons. The first-order valence-corrected chi connectivity index (χ1v) is 9.75. The van der Waals surface area contributed by atoms with Crippen molar-refractivity contribution in [3.63, 3.8) is 0 Å². The first-order valence-electron chi connectivity index (χ1n) is 9.75. The first-order chi connectivity index (χ1) is 14.2. The smallest absolute Gasteiger partial charge is 0.408 e. The summed E-state index contributed by atoms with van der Waals surface area (Å²) >= 11 is 0. The minimum Gasteiger partial charge on any atom is -0.489 e. The monoisotopic (exact) mass is 415 g/mol. The lowest BCUT2D eigenvalue weighted by Crippen LogP contribution is -2.49. The molecule has 0 aliphatic carbocycles. The molecule has 0 heterocycles. The molecule has 2 rings (SSSR count). The number of nitrogens with one attached hydrogen (secondary N) is 1. The Morgan fingerprint density at radius 1 is 1.03 bits per heavy atom. The van der Waals surface area contributed by atoms with Gasteiger partial charge in [-0.1, -0.05) is 48.5 Å². The Balaban J connectivity index is 2.17. The fraction of sp³-hybridized carbons (Fsp3) is 0.391. The maximum Gasteiger partial charge on any atom is 0.408 e. The summed E-state index contributed by atoms with van der Waals surface area (Å²) in [5.41, 5.74) is 1.14. The van der Waals surface area contributed by atoms with E-state index in [0.717, 1.165) is 16.2 Å². The van der Waals surface area contributed by atoms with Gasteiger partial charge in [-0.2, -0.15) is 0 Å². The summed E-state index contributed by atoms with van der Waals surface area (Å²) in [6.45, 7) is 5.68. The Morgan fingerprint density at radius 3 is 2.30 bits per heavy atom. The molecular formula is C23H30N2O5. The zero-order chi connectivity index (χ0) is 22.1. The molecule has 0 aromatic heterocycles. The van der Waals surface area contributed by atoms with E-state index in [-0.39, 0.29) is 6.42 Å². The number of likely N-dealkylation sites (N-methyl/N-ethyl adjacent to an activating group) is 1. The normalized spacial score (nSPS) is 12.0. The Labute approximate surface area is 177 Å². The Morgan fingerprint density at radius 2 is 1.67 bits per heavy atom. The molecule has 0 saturated heterocycles. The quantitative estimate of drug-likeness (QED) is 0.525. The molecule has 1 atom stereocenters. The van der Waals surface area contributed by atoms with Crippen molar-refractivity contribution in [2.75, 3.05) is 14.2 Å². The van der Waals surface area contributed by atoms with Crippen LogP contribution in [0.15, 0.2) is 54.6 Å². The van der Waals surface area contributed by atoms with Gasteiger partial charge in [0.1, 0.15) is 24.0 Å². The van der Waals surface area contributed by atoms with Crippen LogP contribution in [0.5, 0.6) is 5.75 Å². The molecule has 2 aromatic carbocycles. The zero-order valence-corrected chi connectivity index (χ0v) is 18.2. The van der Waals surface area contributed by atoms with Gasteiger partial charge in [-0.25, -0.2) is 9.86 Å². The van der Waals surface area contributed by atoms with E-state index in [4.69, 9.17) is 14.3 Å². The number of hydrogen-bond acceptors (Lipinski definition) is 5. The van der Waals surface area contributed by atoms with Crippen LogP contribution in [-0.2, 0) is 27.4 Å². The number of hydrogen-bond donors (Lipinski definition) is 1. The van der Waals surface area contributed by atoms with Gasteiger partial charge in [0.05, 0.1) is 7.11 Å². The minimum atomic E-state index is -0.883. The number of rotatable bonds is 8. The molecule has 7 nitrogen and oxygen atoms in total. The highest BCUT2D eigenvalue weighted by atomic mass is 16.7. The van der Waals surface area contributed by atoms with Gasteiger partial charge < -0.3 is 14.8 Å². The highest BCUT2D eigenvalue weighted by Crippen LogP contribution is 2.22. The molecule has 1 N–H and O–H groups in total. The van der Waals surface area contributed by atoms with E-state index in [2.05, 4.69) is 5.32 Å². The van der Waals surface area contributed by atoms with Crippen LogP contribution >= 0.6 is 0 Å². The average molecular weight is 415 g/mol. The first kappa shape index (κ1) is 23.2. The Bertz CT molecular complexity index is 833. The molecule has 0 fully saturated rings. The van der Waals surface area contributed by atoms with Crippen LogP contribution in [0.4, 0.5) is 4.79 Å². The SMILES string of the molecule is CON(C)[13C](=O)[C@H](Cc1ccccc1OCc1ccccc1)NC(=O)OC(C)(C)C. The predicted molar refractivity (Wildman–Crippen MR) is 114 cm³/mol. The van der Waals surface area contributed by atoms with Gasteiger partial charge in [0.15, 0.2) is 0 Å². The third-order valence-corrected chi connectivity index (χ3v) is 4.21. The number of nitrogens with zero attached hydrogens (tertiary/aromatic N) is 1. The molecule has 2 amide bonds. The maximum absolute atomic E-state index is 12.8. The van der Waals surface area contributed by atoms with E-state index >= 15 is 0 Å². The summed E-state index contributed by atoms with van der Waals surface area (Å²) in [4.78, 5) is 30.1. The van der Waals surface area contributed by atoms with E-state index in [1.807, 2.05) is 54.6 Å². The average Bonchev–Trinajstić information content (AvgIpc) is 2.70. The van der Waals surface area contributed by atoms with Crippen molar-refractivity contribution in [2.45, 2.75) is 45.4 Å². The molecule has 7 heteroatoms. The van der Waals surface area contributed by atoms with E-state index in [1.165, 1.54) is 14.2 Å². The van der Waals surface area contributed by atoms with Crippen LogP contribution < -0.4 is 10.1 Å². The van der Waals surface area contributed by atoms with Crippen LogP contribution in [0.2, 0.25) is 0 Å². The summed E-state index contributed by atoms with van der Waals surface area (Å²) < 4.78 is 11.3. The van der Waals surface area contributed by atoms with Crippen molar-refractivity contribution in [1.82, 2.24) is 10.4 Å². The minimum absolute atomic E-state index is 0.219. The van der Waals surface area contributed by atoms with Crippen LogP contribution in [0.1, 0.15) is 31.9 Å². The largest absolute Gasteiger partial charge is 0.489 e. The second-order valence-corrected chi connectivity index (χ2v) is 7.80. The van der Waals surface area contributed by atoms with Gasteiger partial charge in [-0.3, -0.25) is 9.63 Å². The highest BCUT2D eigenvalue weighted by Gasteiger charge is 2.28. The molecule has 0 radical (unpaired) electrons. The Hall–Kier alpha value is -3.06. The van der Waals surface area contributed by atoms with Crippen molar-refractivity contribution in [2.24, 2.45) is 0 Å². The van der Waals surface area contributed by atoms with Crippen molar-refractivity contribution >= 4 is 12.0 Å². The second kappa shape index (κ2) is 10.6. The Kier molecular flexibility index (Phi) is 8.24. The molecule has 2 aromatic rings. The topological polar surface area (TPSA) is 77.1 Å². The summed E-state index contributed by atoms with van der Waals surface area (Å²) in [5, 5.41) is 3.73. The van der Waals surface area contributed by atoms with Crippen LogP contribution in [0.3, 0.4) is 0 Å². The van der Waals surface area contributed by atoms with Crippen LogP contribution in [0.25, 0.3) is 0 Å². The number of carbonyl (C=O) groups is 2. The fourth-order valence-corrected chi connectivity index (χ4v) is 2.73. The number of para-hydroxylation sites is 1. The summed E-state index contributed by atoms with van der Waals surface area (Å²) in [7, 11) is 2.88. The number of hydroxylamine groups is 2. The van der Waals surface area contributed by atoms with Crippen molar-refractivity contribution in [3.8, 4) is 5.75 Å². The standard InChI is InChI=1S/C23H30N2O5/c1-23(2,3)30-22(27)24-19(21(26)25(4)28-5)15-18-13-9-10-14-20(18)29-16-17-11-7-6-8-12-17/h6-14,19H,15-16H2,1-5H3,(H,24,27)/t19-/m0/s1/i21+1. The number of benzene rings is 2. The summed E-state index contributed by atoms with van der Waals surface area (Å²) in [5.74, 6) is 0.242. The zero-order valence-electron chi connectivity index (χ0n) is 18.2. The molecular weight excluding hydrogens is 385 g/mol. The van der Waals surface area contributed by atoms with Gasteiger partial charge in [0.25, 0.3) is 5.91 Å². The van der Waals surface area contributed by atoms with Crippen molar-refractivity contribution in [3.05, 3.63) is 65.7 Å². The molecule has 0 spiro atoms. The van der Waals surface area contributed by atoms with Gasteiger partial charge in [0.2, 0.25) is 0 Å². The van der Waals surface area contributed by atoms with Gasteiger partial charge in [-0.05, 0) is 38.0 Å². The van der Waals surface area contributed by atoms with E-state index in [9.17, 15) is 9.59 Å². The van der Waals surface area contributed by atoms with Gasteiger partial charge >= 0.3 is 6.09 Å². The number of carbonyl (C=O) groups excluding carboxylic acids is 2. The predicted octanol–water partition coefficient (Wildman–Crippen LogP) is 3.72. The molecule has 0 aliphatic heterocycles. The van der Waals surface area contributed by atoms with Crippen molar-refractivity contribution < 1.29 is 23.9 Å². The molecule has 0 saturated carbocycles. The number of amides is 2. The maximum atomic E-state index is 12.8. The van der Waals surface area contributed by atoms with Gasteiger partial charge in [-0.15, -0.1) is 0 Å². The number of ether oxygens (including phenoxy) is 2. The lowest BCUT2D eigenvalue weighted by molar-refractivity contribution is -0.171. The van der Waals surface area contributed by atoms with Crippen LogP contribution in [0, 0.1) is 0 Å². The molecule has 30 heavy (non-hydrogen) atoms. The second-order valence-electron chi connectivity index (χ2n) is 7.80. The highest BCUT2D eigenvalue weighted by molar-refractivity contribution is 5.85. The summed E-state index contributed by atoms with van der Waals surface area (Å²) in [6.07, 6.45) is -0.454. The van der Waals surface area contributed by atoms with E-state index < -0.39 is 23.6 Å². The molecule has 0 bridgehead atoms.